The molecule has 1 aromatic carbocycles. The molecule has 0 atom stereocenters. The van der Waals surface area contributed by atoms with Gasteiger partial charge in [0.15, 0.2) is 0 Å². The van der Waals surface area contributed by atoms with Gasteiger partial charge < -0.3 is 9.15 Å². The Hall–Kier alpha value is -2.17. The first kappa shape index (κ1) is 9.39. The number of hydrogen-bond acceptors (Lipinski definition) is 5. The molecule has 0 saturated heterocycles. The van der Waals surface area contributed by atoms with Gasteiger partial charge in [-0.05, 0) is 12.1 Å². The van der Waals surface area contributed by atoms with E-state index < -0.39 is 5.97 Å². The zero-order valence-corrected chi connectivity index (χ0v) is 8.01. The number of nitrogens with zero attached hydrogens (tertiary/aromatic N) is 2. The number of esters is 1. The number of carbonyl (C=O) groups is 1. The molecule has 0 fully saturated rings. The monoisotopic (exact) mass is 204 g/mol. The second-order valence-electron chi connectivity index (χ2n) is 2.77. The molecular weight excluding hydrogens is 196 g/mol. The molecule has 5 heteroatoms. The van der Waals surface area contributed by atoms with Gasteiger partial charge in [-0.15, -0.1) is 10.2 Å². The van der Waals surface area contributed by atoms with Gasteiger partial charge in [0.05, 0.1) is 7.11 Å². The van der Waals surface area contributed by atoms with Crippen LogP contribution < -0.4 is 0 Å². The lowest BCUT2D eigenvalue weighted by Gasteiger charge is -1.92. The number of methoxy groups -OCH3 is 1. The normalized spacial score (nSPS) is 9.93. The number of hydrogen-bond donors (Lipinski definition) is 0. The number of rotatable bonds is 2. The minimum absolute atomic E-state index is 0.142. The average molecular weight is 204 g/mol. The maximum absolute atomic E-state index is 11.0. The maximum atomic E-state index is 11.0. The second-order valence-corrected chi connectivity index (χ2v) is 2.77. The van der Waals surface area contributed by atoms with Gasteiger partial charge in [-0.2, -0.15) is 0 Å². The highest BCUT2D eigenvalue weighted by molar-refractivity contribution is 5.84. The highest BCUT2D eigenvalue weighted by Gasteiger charge is 2.15. The summed E-state index contributed by atoms with van der Waals surface area (Å²) in [7, 11) is 1.26. The van der Waals surface area contributed by atoms with E-state index in [1.807, 2.05) is 30.3 Å². The summed E-state index contributed by atoms with van der Waals surface area (Å²) in [5, 5.41) is 7.31. The molecule has 0 N–H and O–H groups in total. The fraction of sp³-hybridized carbons (Fsp3) is 0.100. The zero-order chi connectivity index (χ0) is 10.7. The van der Waals surface area contributed by atoms with Gasteiger partial charge in [0.1, 0.15) is 0 Å². The molecule has 0 unspecified atom stereocenters. The van der Waals surface area contributed by atoms with Gasteiger partial charge in [0, 0.05) is 5.56 Å². The third kappa shape index (κ3) is 1.85. The van der Waals surface area contributed by atoms with E-state index in [0.717, 1.165) is 5.56 Å². The number of benzene rings is 1. The molecule has 0 aliphatic heterocycles. The van der Waals surface area contributed by atoms with Gasteiger partial charge in [-0.25, -0.2) is 4.79 Å². The molecule has 76 valence electrons. The summed E-state index contributed by atoms with van der Waals surface area (Å²) in [6, 6.07) is 9.19. The molecule has 0 amide bonds. The predicted molar refractivity (Wildman–Crippen MR) is 51.1 cm³/mol. The quantitative estimate of drug-likeness (QED) is 0.694. The van der Waals surface area contributed by atoms with Gasteiger partial charge in [0.25, 0.3) is 0 Å². The lowest BCUT2D eigenvalue weighted by molar-refractivity contribution is 0.0556. The number of carbonyl (C=O) groups excluding carboxylic acids is 1. The molecular formula is C10H8N2O3. The van der Waals surface area contributed by atoms with Gasteiger partial charge in [0.2, 0.25) is 5.89 Å². The summed E-state index contributed by atoms with van der Waals surface area (Å²) in [6.07, 6.45) is 0. The fourth-order valence-corrected chi connectivity index (χ4v) is 1.09. The van der Waals surface area contributed by atoms with Gasteiger partial charge in [-0.1, -0.05) is 18.2 Å². The first-order valence-corrected chi connectivity index (χ1v) is 4.28. The lowest BCUT2D eigenvalue weighted by Crippen LogP contribution is -2.00. The third-order valence-electron chi connectivity index (χ3n) is 1.81. The predicted octanol–water partition coefficient (Wildman–Crippen LogP) is 1.52. The van der Waals surface area contributed by atoms with E-state index in [-0.39, 0.29) is 5.89 Å². The third-order valence-corrected chi connectivity index (χ3v) is 1.81. The molecule has 2 aromatic rings. The summed E-state index contributed by atoms with van der Waals surface area (Å²) in [5.41, 5.74) is 0.764. The molecule has 2 rings (SSSR count). The molecule has 0 spiro atoms. The van der Waals surface area contributed by atoms with Crippen LogP contribution in [0.3, 0.4) is 0 Å². The van der Waals surface area contributed by atoms with Crippen molar-refractivity contribution in [2.75, 3.05) is 7.11 Å². The van der Waals surface area contributed by atoms with Crippen LogP contribution >= 0.6 is 0 Å². The highest BCUT2D eigenvalue weighted by Crippen LogP contribution is 2.16. The molecule has 0 aliphatic rings. The van der Waals surface area contributed by atoms with Crippen LogP contribution in [0.4, 0.5) is 0 Å². The van der Waals surface area contributed by atoms with E-state index in [4.69, 9.17) is 4.42 Å². The maximum Gasteiger partial charge on any atom is 0.396 e. The standard InChI is InChI=1S/C10H8N2O3/c1-14-10(13)9-12-11-8(15-9)7-5-3-2-4-6-7/h2-6H,1H3. The second kappa shape index (κ2) is 3.91. The van der Waals surface area contributed by atoms with Gasteiger partial charge >= 0.3 is 11.9 Å². The Bertz CT molecular complexity index is 465. The summed E-state index contributed by atoms with van der Waals surface area (Å²) in [5.74, 6) is -0.475. The van der Waals surface area contributed by atoms with E-state index in [1.165, 1.54) is 7.11 Å². The highest BCUT2D eigenvalue weighted by atomic mass is 16.5. The van der Waals surface area contributed by atoms with Crippen molar-refractivity contribution >= 4 is 5.97 Å². The Labute approximate surface area is 85.7 Å². The van der Waals surface area contributed by atoms with Crippen LogP contribution in [-0.2, 0) is 4.74 Å². The summed E-state index contributed by atoms with van der Waals surface area (Å²) in [4.78, 5) is 11.0. The fourth-order valence-electron chi connectivity index (χ4n) is 1.09. The van der Waals surface area contributed by atoms with E-state index in [2.05, 4.69) is 14.9 Å². The largest absolute Gasteiger partial charge is 0.462 e. The van der Waals surface area contributed by atoms with Crippen LogP contribution in [0.2, 0.25) is 0 Å². The molecule has 15 heavy (non-hydrogen) atoms. The summed E-state index contributed by atoms with van der Waals surface area (Å²) in [6.45, 7) is 0. The molecule has 0 saturated carbocycles. The first-order chi connectivity index (χ1) is 7.31. The molecule has 0 bridgehead atoms. The molecule has 1 aromatic heterocycles. The SMILES string of the molecule is COC(=O)c1nnc(-c2ccccc2)o1. The van der Waals surface area contributed by atoms with Crippen molar-refractivity contribution in [2.45, 2.75) is 0 Å². The van der Waals surface area contributed by atoms with Crippen LogP contribution in [0.1, 0.15) is 10.7 Å². The van der Waals surface area contributed by atoms with Crippen LogP contribution in [0.25, 0.3) is 11.5 Å². The summed E-state index contributed by atoms with van der Waals surface area (Å²) >= 11 is 0. The van der Waals surface area contributed by atoms with Crippen LogP contribution in [0.5, 0.6) is 0 Å². The lowest BCUT2D eigenvalue weighted by atomic mass is 10.2. The summed E-state index contributed by atoms with van der Waals surface area (Å²) < 4.78 is 9.58. The Kier molecular flexibility index (Phi) is 2.45. The Morgan fingerprint density at radius 1 is 1.27 bits per heavy atom. The molecule has 5 nitrogen and oxygen atoms in total. The van der Waals surface area contributed by atoms with Crippen molar-refractivity contribution < 1.29 is 13.9 Å². The van der Waals surface area contributed by atoms with E-state index in [0.29, 0.717) is 5.89 Å². The molecule has 0 radical (unpaired) electrons. The van der Waals surface area contributed by atoms with Crippen molar-refractivity contribution in [1.82, 2.24) is 10.2 Å². The van der Waals surface area contributed by atoms with Crippen molar-refractivity contribution in [3.8, 4) is 11.5 Å². The topological polar surface area (TPSA) is 65.2 Å². The zero-order valence-electron chi connectivity index (χ0n) is 8.01. The van der Waals surface area contributed by atoms with Crippen LogP contribution in [0.15, 0.2) is 34.7 Å². The number of aromatic nitrogens is 2. The van der Waals surface area contributed by atoms with Crippen molar-refractivity contribution in [3.05, 3.63) is 36.2 Å². The Balaban J connectivity index is 2.32. The first-order valence-electron chi connectivity index (χ1n) is 4.28. The number of ether oxygens (including phenoxy) is 1. The Morgan fingerprint density at radius 3 is 2.67 bits per heavy atom. The smallest absolute Gasteiger partial charge is 0.396 e. The van der Waals surface area contributed by atoms with Crippen molar-refractivity contribution in [2.24, 2.45) is 0 Å². The van der Waals surface area contributed by atoms with Gasteiger partial charge in [-0.3, -0.25) is 0 Å². The van der Waals surface area contributed by atoms with Crippen LogP contribution in [-0.4, -0.2) is 23.3 Å². The van der Waals surface area contributed by atoms with E-state index in [1.54, 1.807) is 0 Å². The molecule has 0 aliphatic carbocycles. The van der Waals surface area contributed by atoms with E-state index in [9.17, 15) is 4.79 Å². The van der Waals surface area contributed by atoms with E-state index >= 15 is 0 Å². The average Bonchev–Trinajstić information content (AvgIpc) is 2.78. The van der Waals surface area contributed by atoms with Crippen molar-refractivity contribution in [3.63, 3.8) is 0 Å². The minimum atomic E-state index is -0.635. The minimum Gasteiger partial charge on any atom is -0.462 e. The van der Waals surface area contributed by atoms with Crippen LogP contribution in [0, 0.1) is 0 Å². The van der Waals surface area contributed by atoms with Crippen molar-refractivity contribution in [1.29, 1.82) is 0 Å². The molecule has 1 heterocycles. The Morgan fingerprint density at radius 2 is 2.00 bits per heavy atom.